The molecule has 2 heterocycles. The number of carbonyl (C=O) groups is 1. The predicted molar refractivity (Wildman–Crippen MR) is 95.8 cm³/mol. The Hall–Kier alpha value is -2.93. The molecule has 2 aromatic heterocycles. The van der Waals surface area contributed by atoms with Gasteiger partial charge in [0.05, 0.1) is 6.54 Å². The number of amides is 1. The van der Waals surface area contributed by atoms with E-state index in [-0.39, 0.29) is 12.3 Å². The third-order valence-electron chi connectivity index (χ3n) is 3.46. The van der Waals surface area contributed by atoms with E-state index in [2.05, 4.69) is 20.4 Å². The van der Waals surface area contributed by atoms with E-state index in [0.29, 0.717) is 42.1 Å². The average Bonchev–Trinajstić information content (AvgIpc) is 3.13. The first kappa shape index (κ1) is 17.9. The van der Waals surface area contributed by atoms with Gasteiger partial charge in [-0.3, -0.25) is 9.78 Å². The van der Waals surface area contributed by atoms with Crippen molar-refractivity contribution in [1.82, 2.24) is 20.4 Å². The number of halogens is 1. The molecule has 0 bridgehead atoms. The van der Waals surface area contributed by atoms with E-state index in [0.717, 1.165) is 5.56 Å². The number of rotatable bonds is 8. The minimum Gasteiger partial charge on any atom is -0.492 e. The molecular weight excluding hydrogens is 356 g/mol. The monoisotopic (exact) mass is 372 g/mol. The zero-order valence-corrected chi connectivity index (χ0v) is 14.6. The van der Waals surface area contributed by atoms with Crippen LogP contribution < -0.4 is 10.1 Å². The van der Waals surface area contributed by atoms with E-state index in [9.17, 15) is 4.79 Å². The van der Waals surface area contributed by atoms with E-state index in [1.807, 2.05) is 6.07 Å². The zero-order valence-electron chi connectivity index (χ0n) is 13.9. The Morgan fingerprint density at radius 2 is 2.08 bits per heavy atom. The second kappa shape index (κ2) is 8.96. The van der Waals surface area contributed by atoms with Crippen molar-refractivity contribution in [1.29, 1.82) is 0 Å². The van der Waals surface area contributed by atoms with Crippen molar-refractivity contribution in [2.75, 3.05) is 13.2 Å². The van der Waals surface area contributed by atoms with Crippen LogP contribution in [0.2, 0.25) is 5.02 Å². The van der Waals surface area contributed by atoms with E-state index in [1.54, 1.807) is 42.7 Å². The molecule has 134 valence electrons. The van der Waals surface area contributed by atoms with Crippen LogP contribution in [-0.2, 0) is 11.2 Å². The fourth-order valence-corrected chi connectivity index (χ4v) is 2.38. The molecule has 8 heteroatoms. The lowest BCUT2D eigenvalue weighted by atomic mass is 10.2. The van der Waals surface area contributed by atoms with Gasteiger partial charge in [-0.15, -0.1) is 0 Å². The molecule has 0 aliphatic carbocycles. The smallest absolute Gasteiger partial charge is 0.227 e. The number of aryl methyl sites for hydroxylation is 1. The topological polar surface area (TPSA) is 90.1 Å². The average molecular weight is 373 g/mol. The summed E-state index contributed by atoms with van der Waals surface area (Å²) < 4.78 is 10.7. The third kappa shape index (κ3) is 5.29. The van der Waals surface area contributed by atoms with Gasteiger partial charge in [-0.2, -0.15) is 4.98 Å². The number of nitrogens with zero attached hydrogens (tertiary/aromatic N) is 3. The standard InChI is InChI=1S/C18H17ClN4O3/c19-14-2-1-3-15(12-14)25-11-10-21-16(24)4-5-17-22-18(23-26-17)13-6-8-20-9-7-13/h1-3,6-9,12H,4-5,10-11H2,(H,21,24). The Bertz CT molecular complexity index is 854. The van der Waals surface area contributed by atoms with Crippen LogP contribution in [0.4, 0.5) is 0 Å². The quantitative estimate of drug-likeness (QED) is 0.611. The van der Waals surface area contributed by atoms with Crippen LogP contribution in [0.5, 0.6) is 5.75 Å². The summed E-state index contributed by atoms with van der Waals surface area (Å²) in [7, 11) is 0. The van der Waals surface area contributed by atoms with Crippen molar-refractivity contribution in [2.24, 2.45) is 0 Å². The van der Waals surface area contributed by atoms with Gasteiger partial charge in [-0.25, -0.2) is 0 Å². The van der Waals surface area contributed by atoms with Crippen molar-refractivity contribution in [2.45, 2.75) is 12.8 Å². The number of pyridine rings is 1. The lowest BCUT2D eigenvalue weighted by Gasteiger charge is -2.07. The zero-order chi connectivity index (χ0) is 18.2. The highest BCUT2D eigenvalue weighted by atomic mass is 35.5. The molecule has 7 nitrogen and oxygen atoms in total. The number of hydrogen-bond acceptors (Lipinski definition) is 6. The lowest BCUT2D eigenvalue weighted by Crippen LogP contribution is -2.28. The molecule has 1 amide bonds. The van der Waals surface area contributed by atoms with E-state index >= 15 is 0 Å². The van der Waals surface area contributed by atoms with Gasteiger partial charge in [0.2, 0.25) is 17.6 Å². The van der Waals surface area contributed by atoms with Crippen LogP contribution in [0.1, 0.15) is 12.3 Å². The largest absolute Gasteiger partial charge is 0.492 e. The van der Waals surface area contributed by atoms with Gasteiger partial charge >= 0.3 is 0 Å². The van der Waals surface area contributed by atoms with Crippen molar-refractivity contribution in [3.05, 3.63) is 59.7 Å². The van der Waals surface area contributed by atoms with Gasteiger partial charge in [-0.05, 0) is 30.3 Å². The SMILES string of the molecule is O=C(CCc1nc(-c2ccncc2)no1)NCCOc1cccc(Cl)c1. The summed E-state index contributed by atoms with van der Waals surface area (Å²) in [6, 6.07) is 10.7. The van der Waals surface area contributed by atoms with Crippen molar-refractivity contribution in [3.8, 4) is 17.1 Å². The van der Waals surface area contributed by atoms with Gasteiger partial charge in [0.1, 0.15) is 12.4 Å². The summed E-state index contributed by atoms with van der Waals surface area (Å²) in [6.07, 6.45) is 3.95. The van der Waals surface area contributed by atoms with E-state index in [1.165, 1.54) is 0 Å². The summed E-state index contributed by atoms with van der Waals surface area (Å²) >= 11 is 5.88. The second-order valence-corrected chi connectivity index (χ2v) is 5.84. The summed E-state index contributed by atoms with van der Waals surface area (Å²) in [5.41, 5.74) is 0.817. The van der Waals surface area contributed by atoms with Gasteiger partial charge in [0.15, 0.2) is 0 Å². The van der Waals surface area contributed by atoms with Crippen LogP contribution in [-0.4, -0.2) is 34.2 Å². The first-order valence-corrected chi connectivity index (χ1v) is 8.46. The first-order valence-electron chi connectivity index (χ1n) is 8.09. The lowest BCUT2D eigenvalue weighted by molar-refractivity contribution is -0.121. The summed E-state index contributed by atoms with van der Waals surface area (Å²) in [4.78, 5) is 20.1. The molecule has 0 saturated carbocycles. The fraction of sp³-hybridized carbons (Fsp3) is 0.222. The summed E-state index contributed by atoms with van der Waals surface area (Å²) in [5, 5.41) is 7.29. The molecule has 0 saturated heterocycles. The summed E-state index contributed by atoms with van der Waals surface area (Å²) in [5.74, 6) is 1.46. The molecule has 0 unspecified atom stereocenters. The Labute approximate surface area is 155 Å². The molecule has 26 heavy (non-hydrogen) atoms. The maximum Gasteiger partial charge on any atom is 0.227 e. The number of carbonyl (C=O) groups excluding carboxylic acids is 1. The molecule has 0 radical (unpaired) electrons. The molecule has 1 N–H and O–H groups in total. The Morgan fingerprint density at radius 3 is 2.88 bits per heavy atom. The Balaban J connectivity index is 1.37. The van der Waals surface area contributed by atoms with Crippen LogP contribution in [0, 0.1) is 0 Å². The molecule has 0 aliphatic rings. The maximum atomic E-state index is 11.9. The molecule has 1 aromatic carbocycles. The highest BCUT2D eigenvalue weighted by molar-refractivity contribution is 6.30. The number of nitrogens with one attached hydrogen (secondary N) is 1. The second-order valence-electron chi connectivity index (χ2n) is 5.40. The van der Waals surface area contributed by atoms with Crippen LogP contribution >= 0.6 is 11.6 Å². The number of aromatic nitrogens is 3. The molecule has 0 atom stereocenters. The fourth-order valence-electron chi connectivity index (χ4n) is 2.20. The van der Waals surface area contributed by atoms with Gasteiger partial charge in [0, 0.05) is 35.8 Å². The number of hydrogen-bond donors (Lipinski definition) is 1. The molecule has 0 fully saturated rings. The minimum absolute atomic E-state index is 0.108. The van der Waals surface area contributed by atoms with E-state index in [4.69, 9.17) is 20.9 Å². The Morgan fingerprint density at radius 1 is 1.23 bits per heavy atom. The molecule has 0 aliphatic heterocycles. The van der Waals surface area contributed by atoms with Crippen molar-refractivity contribution >= 4 is 17.5 Å². The van der Waals surface area contributed by atoms with Gasteiger partial charge in [0.25, 0.3) is 0 Å². The van der Waals surface area contributed by atoms with E-state index < -0.39 is 0 Å². The van der Waals surface area contributed by atoms with Crippen LogP contribution in [0.25, 0.3) is 11.4 Å². The molecule has 3 rings (SSSR count). The van der Waals surface area contributed by atoms with Crippen LogP contribution in [0.15, 0.2) is 53.3 Å². The molecule has 3 aromatic rings. The summed E-state index contributed by atoms with van der Waals surface area (Å²) in [6.45, 7) is 0.760. The van der Waals surface area contributed by atoms with Gasteiger partial charge in [-0.1, -0.05) is 22.8 Å². The normalized spacial score (nSPS) is 10.5. The number of ether oxygens (including phenoxy) is 1. The van der Waals surface area contributed by atoms with Gasteiger partial charge < -0.3 is 14.6 Å². The maximum absolute atomic E-state index is 11.9. The number of benzene rings is 1. The molecule has 0 spiro atoms. The first-order chi connectivity index (χ1) is 12.7. The van der Waals surface area contributed by atoms with Crippen molar-refractivity contribution in [3.63, 3.8) is 0 Å². The Kier molecular flexibility index (Phi) is 6.16. The van der Waals surface area contributed by atoms with Crippen molar-refractivity contribution < 1.29 is 14.1 Å². The predicted octanol–water partition coefficient (Wildman–Crippen LogP) is 2.91. The third-order valence-corrected chi connectivity index (χ3v) is 3.70. The molecular formula is C18H17ClN4O3. The van der Waals surface area contributed by atoms with Crippen LogP contribution in [0.3, 0.4) is 0 Å². The minimum atomic E-state index is -0.108. The highest BCUT2D eigenvalue weighted by Crippen LogP contribution is 2.17. The highest BCUT2D eigenvalue weighted by Gasteiger charge is 2.10.